The van der Waals surface area contributed by atoms with Crippen LogP contribution in [-0.4, -0.2) is 11.7 Å². The Morgan fingerprint density at radius 3 is 2.23 bits per heavy atom. The van der Waals surface area contributed by atoms with Crippen LogP contribution in [0.1, 0.15) is 12.5 Å². The zero-order valence-electron chi connectivity index (χ0n) is 7.33. The van der Waals surface area contributed by atoms with E-state index in [0.717, 1.165) is 5.56 Å². The first-order valence-corrected chi connectivity index (χ1v) is 4.10. The fourth-order valence-corrected chi connectivity index (χ4v) is 1.05. The van der Waals surface area contributed by atoms with Crippen LogP contribution in [0.5, 0.6) is 0 Å². The maximum absolute atomic E-state index is 8.96. The number of benzene rings is 1. The third-order valence-electron chi connectivity index (χ3n) is 1.83. The van der Waals surface area contributed by atoms with Crippen LogP contribution in [0.25, 0.3) is 0 Å². The SMILES string of the molecule is C[C@@](N)(CO)c1ccc(Cl)cc1.Cl. The summed E-state index contributed by atoms with van der Waals surface area (Å²) < 4.78 is 0. The molecule has 0 saturated heterocycles. The molecule has 74 valence electrons. The van der Waals surface area contributed by atoms with Gasteiger partial charge in [-0.05, 0) is 24.6 Å². The first-order valence-electron chi connectivity index (χ1n) is 3.72. The second kappa shape index (κ2) is 4.82. The predicted molar refractivity (Wildman–Crippen MR) is 57.3 cm³/mol. The molecule has 0 aliphatic rings. The molecule has 0 amide bonds. The van der Waals surface area contributed by atoms with Crippen LogP contribution >= 0.6 is 24.0 Å². The monoisotopic (exact) mass is 221 g/mol. The number of aliphatic hydroxyl groups is 1. The lowest BCUT2D eigenvalue weighted by atomic mass is 9.94. The largest absolute Gasteiger partial charge is 0.394 e. The van der Waals surface area contributed by atoms with Gasteiger partial charge < -0.3 is 10.8 Å². The van der Waals surface area contributed by atoms with Crippen LogP contribution < -0.4 is 5.73 Å². The van der Waals surface area contributed by atoms with Crippen LogP contribution in [0.15, 0.2) is 24.3 Å². The maximum atomic E-state index is 8.96. The van der Waals surface area contributed by atoms with E-state index < -0.39 is 5.54 Å². The van der Waals surface area contributed by atoms with Gasteiger partial charge in [0.1, 0.15) is 0 Å². The van der Waals surface area contributed by atoms with E-state index in [0.29, 0.717) is 5.02 Å². The molecule has 0 aromatic heterocycles. The van der Waals surface area contributed by atoms with Crippen molar-refractivity contribution in [2.45, 2.75) is 12.5 Å². The van der Waals surface area contributed by atoms with E-state index in [4.69, 9.17) is 22.4 Å². The van der Waals surface area contributed by atoms with E-state index in [1.165, 1.54) is 0 Å². The van der Waals surface area contributed by atoms with Gasteiger partial charge in [0, 0.05) is 5.02 Å². The minimum atomic E-state index is -0.676. The lowest BCUT2D eigenvalue weighted by molar-refractivity contribution is 0.210. The third-order valence-corrected chi connectivity index (χ3v) is 2.08. The standard InChI is InChI=1S/C9H12ClNO.ClH/c1-9(11,6-12)7-2-4-8(10)5-3-7;/h2-5,12H,6,11H2,1H3;1H/t9-;/m1./s1. The summed E-state index contributed by atoms with van der Waals surface area (Å²) >= 11 is 5.70. The maximum Gasteiger partial charge on any atom is 0.0650 e. The Kier molecular flexibility index (Phi) is 4.71. The molecule has 4 heteroatoms. The van der Waals surface area contributed by atoms with Gasteiger partial charge in [0.25, 0.3) is 0 Å². The van der Waals surface area contributed by atoms with Gasteiger partial charge in [0.15, 0.2) is 0 Å². The lowest BCUT2D eigenvalue weighted by Crippen LogP contribution is -2.36. The van der Waals surface area contributed by atoms with Crippen molar-refractivity contribution in [3.8, 4) is 0 Å². The summed E-state index contributed by atoms with van der Waals surface area (Å²) in [7, 11) is 0. The number of hydrogen-bond acceptors (Lipinski definition) is 2. The Labute approximate surface area is 89.1 Å². The molecule has 13 heavy (non-hydrogen) atoms. The molecule has 3 N–H and O–H groups in total. The van der Waals surface area contributed by atoms with Crippen molar-refractivity contribution in [1.82, 2.24) is 0 Å². The molecule has 0 radical (unpaired) electrons. The molecular formula is C9H13Cl2NO. The van der Waals surface area contributed by atoms with E-state index in [1.54, 1.807) is 19.1 Å². The summed E-state index contributed by atoms with van der Waals surface area (Å²) in [6, 6.07) is 7.16. The predicted octanol–water partition coefficient (Wildman–Crippen LogP) is 1.93. The van der Waals surface area contributed by atoms with E-state index >= 15 is 0 Å². The Hall–Kier alpha value is -0.280. The Morgan fingerprint density at radius 1 is 1.38 bits per heavy atom. The molecule has 0 unspecified atom stereocenters. The lowest BCUT2D eigenvalue weighted by Gasteiger charge is -2.21. The van der Waals surface area contributed by atoms with Crippen molar-refractivity contribution in [1.29, 1.82) is 0 Å². The van der Waals surface area contributed by atoms with Gasteiger partial charge in [-0.15, -0.1) is 12.4 Å². The number of nitrogens with two attached hydrogens (primary N) is 1. The zero-order valence-corrected chi connectivity index (χ0v) is 8.90. The fraction of sp³-hybridized carbons (Fsp3) is 0.333. The van der Waals surface area contributed by atoms with Gasteiger partial charge in [-0.3, -0.25) is 0 Å². The molecule has 1 aromatic rings. The van der Waals surface area contributed by atoms with E-state index in [2.05, 4.69) is 0 Å². The van der Waals surface area contributed by atoms with Gasteiger partial charge in [-0.2, -0.15) is 0 Å². The molecule has 1 rings (SSSR count). The number of hydrogen-bond donors (Lipinski definition) is 2. The van der Waals surface area contributed by atoms with Crippen LogP contribution in [-0.2, 0) is 5.54 Å². The van der Waals surface area contributed by atoms with Crippen LogP contribution in [0.3, 0.4) is 0 Å². The highest BCUT2D eigenvalue weighted by atomic mass is 35.5. The molecule has 2 nitrogen and oxygen atoms in total. The van der Waals surface area contributed by atoms with Crippen LogP contribution in [0, 0.1) is 0 Å². The summed E-state index contributed by atoms with van der Waals surface area (Å²) in [5.74, 6) is 0. The average molecular weight is 222 g/mol. The van der Waals surface area contributed by atoms with Crippen molar-refractivity contribution < 1.29 is 5.11 Å². The molecule has 0 spiro atoms. The molecule has 0 aliphatic carbocycles. The van der Waals surface area contributed by atoms with Gasteiger partial charge in [0.05, 0.1) is 12.1 Å². The molecular weight excluding hydrogens is 209 g/mol. The average Bonchev–Trinajstić information content (AvgIpc) is 2.05. The Morgan fingerprint density at radius 2 is 1.85 bits per heavy atom. The second-order valence-electron chi connectivity index (χ2n) is 3.08. The van der Waals surface area contributed by atoms with E-state index in [1.807, 2.05) is 12.1 Å². The highest BCUT2D eigenvalue weighted by Crippen LogP contribution is 2.19. The van der Waals surface area contributed by atoms with Crippen molar-refractivity contribution in [3.05, 3.63) is 34.9 Å². The quantitative estimate of drug-likeness (QED) is 0.803. The van der Waals surface area contributed by atoms with E-state index in [-0.39, 0.29) is 19.0 Å². The minimum absolute atomic E-state index is 0. The molecule has 1 atom stereocenters. The topological polar surface area (TPSA) is 46.2 Å². The van der Waals surface area contributed by atoms with Gasteiger partial charge in [-0.1, -0.05) is 23.7 Å². The summed E-state index contributed by atoms with van der Waals surface area (Å²) in [4.78, 5) is 0. The first-order chi connectivity index (χ1) is 5.56. The Bertz CT molecular complexity index is 259. The molecule has 0 fully saturated rings. The number of aliphatic hydroxyl groups excluding tert-OH is 1. The zero-order chi connectivity index (χ0) is 9.19. The Balaban J connectivity index is 0.00000144. The van der Waals surface area contributed by atoms with Crippen molar-refractivity contribution in [2.75, 3.05) is 6.61 Å². The van der Waals surface area contributed by atoms with Crippen molar-refractivity contribution in [2.24, 2.45) is 5.73 Å². The van der Waals surface area contributed by atoms with Crippen molar-refractivity contribution >= 4 is 24.0 Å². The van der Waals surface area contributed by atoms with Gasteiger partial charge >= 0.3 is 0 Å². The molecule has 0 bridgehead atoms. The summed E-state index contributed by atoms with van der Waals surface area (Å²) in [5, 5.41) is 9.63. The summed E-state index contributed by atoms with van der Waals surface area (Å²) in [6.45, 7) is 1.70. The molecule has 0 heterocycles. The smallest absolute Gasteiger partial charge is 0.0650 e. The highest BCUT2D eigenvalue weighted by Gasteiger charge is 2.18. The molecule has 0 saturated carbocycles. The number of halogens is 2. The highest BCUT2D eigenvalue weighted by molar-refractivity contribution is 6.30. The summed E-state index contributed by atoms with van der Waals surface area (Å²) in [5.41, 5.74) is 6.00. The summed E-state index contributed by atoms with van der Waals surface area (Å²) in [6.07, 6.45) is 0. The molecule has 0 aliphatic heterocycles. The van der Waals surface area contributed by atoms with E-state index in [9.17, 15) is 0 Å². The van der Waals surface area contributed by atoms with Crippen LogP contribution in [0.2, 0.25) is 5.02 Å². The van der Waals surface area contributed by atoms with Crippen molar-refractivity contribution in [3.63, 3.8) is 0 Å². The van der Waals surface area contributed by atoms with Gasteiger partial charge in [-0.25, -0.2) is 0 Å². The van der Waals surface area contributed by atoms with Crippen LogP contribution in [0.4, 0.5) is 0 Å². The molecule has 1 aromatic carbocycles. The minimum Gasteiger partial charge on any atom is -0.394 e. The third kappa shape index (κ3) is 3.16. The normalized spacial score (nSPS) is 14.5. The first kappa shape index (κ1) is 12.7. The second-order valence-corrected chi connectivity index (χ2v) is 3.52. The van der Waals surface area contributed by atoms with Gasteiger partial charge in [0.2, 0.25) is 0 Å². The number of rotatable bonds is 2. The fourth-order valence-electron chi connectivity index (χ4n) is 0.922.